The molecule has 2 aromatic heterocycles. The molecule has 0 saturated carbocycles. The van der Waals surface area contributed by atoms with Gasteiger partial charge in [-0.2, -0.15) is 0 Å². The van der Waals surface area contributed by atoms with Crippen LogP contribution in [0.15, 0.2) is 37.1 Å². The molecule has 7 heteroatoms. The van der Waals surface area contributed by atoms with E-state index in [9.17, 15) is 4.39 Å². The molecule has 6 nitrogen and oxygen atoms in total. The lowest BCUT2D eigenvalue weighted by Crippen LogP contribution is -2.29. The Morgan fingerprint density at radius 2 is 2.09 bits per heavy atom. The van der Waals surface area contributed by atoms with E-state index in [0.717, 1.165) is 17.0 Å². The van der Waals surface area contributed by atoms with E-state index in [2.05, 4.69) is 19.9 Å². The van der Waals surface area contributed by atoms with Crippen LogP contribution in [-0.4, -0.2) is 38.7 Å². The van der Waals surface area contributed by atoms with Gasteiger partial charge in [-0.3, -0.25) is 0 Å². The van der Waals surface area contributed by atoms with Crippen molar-refractivity contribution >= 4 is 16.7 Å². The minimum atomic E-state index is -0.293. The summed E-state index contributed by atoms with van der Waals surface area (Å²) in [5, 5.41) is 0.710. The molecule has 1 aliphatic heterocycles. The highest BCUT2D eigenvalue weighted by molar-refractivity contribution is 5.89. The maximum absolute atomic E-state index is 13.6. The van der Waals surface area contributed by atoms with Crippen molar-refractivity contribution in [1.29, 1.82) is 0 Å². The number of fused-ring (bicyclic) bond motifs is 1. The van der Waals surface area contributed by atoms with Gasteiger partial charge in [0.15, 0.2) is 0 Å². The highest BCUT2D eigenvalue weighted by Gasteiger charge is 2.34. The zero-order chi connectivity index (χ0) is 16.0. The average Bonchev–Trinajstić information content (AvgIpc) is 3.12. The number of aryl methyl sites for hydroxylation is 1. The van der Waals surface area contributed by atoms with Crippen LogP contribution < -0.4 is 10.6 Å². The largest absolute Gasteiger partial charge is 0.354 e. The number of halogens is 1. The first-order valence-corrected chi connectivity index (χ1v) is 7.50. The van der Waals surface area contributed by atoms with Crippen LogP contribution in [0.25, 0.3) is 10.9 Å². The summed E-state index contributed by atoms with van der Waals surface area (Å²) in [5.41, 5.74) is 8.02. The molecule has 1 aliphatic rings. The van der Waals surface area contributed by atoms with Gasteiger partial charge in [-0.05, 0) is 18.2 Å². The van der Waals surface area contributed by atoms with E-state index in [-0.39, 0.29) is 17.8 Å². The van der Waals surface area contributed by atoms with Crippen molar-refractivity contribution in [1.82, 2.24) is 19.5 Å². The van der Waals surface area contributed by atoms with Crippen LogP contribution >= 0.6 is 0 Å². The first-order valence-electron chi connectivity index (χ1n) is 7.50. The predicted octanol–water partition coefficient (Wildman–Crippen LogP) is 1.43. The molecule has 2 N–H and O–H groups in total. The summed E-state index contributed by atoms with van der Waals surface area (Å²) in [6, 6.07) is 4.52. The van der Waals surface area contributed by atoms with Gasteiger partial charge in [-0.1, -0.05) is 0 Å². The zero-order valence-electron chi connectivity index (χ0n) is 12.7. The van der Waals surface area contributed by atoms with E-state index in [4.69, 9.17) is 5.73 Å². The summed E-state index contributed by atoms with van der Waals surface area (Å²) < 4.78 is 15.5. The first kappa shape index (κ1) is 14.1. The van der Waals surface area contributed by atoms with Crippen LogP contribution in [0.5, 0.6) is 0 Å². The Balaban J connectivity index is 1.71. The van der Waals surface area contributed by atoms with Gasteiger partial charge < -0.3 is 15.2 Å². The Morgan fingerprint density at radius 3 is 2.87 bits per heavy atom. The SMILES string of the molecule is Cn1cnc([C@@H]2CN(c3ncnc4ccc(F)cc34)C[C@H]2N)c1. The van der Waals surface area contributed by atoms with Crippen molar-refractivity contribution in [3.8, 4) is 0 Å². The fourth-order valence-corrected chi connectivity index (χ4v) is 3.21. The monoisotopic (exact) mass is 312 g/mol. The van der Waals surface area contributed by atoms with E-state index in [0.29, 0.717) is 18.5 Å². The van der Waals surface area contributed by atoms with Crippen molar-refractivity contribution in [3.63, 3.8) is 0 Å². The molecule has 2 atom stereocenters. The topological polar surface area (TPSA) is 72.9 Å². The maximum atomic E-state index is 13.6. The number of imidazole rings is 1. The molecular weight excluding hydrogens is 295 g/mol. The Morgan fingerprint density at radius 1 is 1.22 bits per heavy atom. The van der Waals surface area contributed by atoms with Gasteiger partial charge in [0.25, 0.3) is 0 Å². The van der Waals surface area contributed by atoms with E-state index >= 15 is 0 Å². The summed E-state index contributed by atoms with van der Waals surface area (Å²) in [4.78, 5) is 15.1. The van der Waals surface area contributed by atoms with Crippen LogP contribution in [0.1, 0.15) is 11.6 Å². The number of nitrogens with zero attached hydrogens (tertiary/aromatic N) is 5. The van der Waals surface area contributed by atoms with Gasteiger partial charge in [0, 0.05) is 43.7 Å². The Bertz CT molecular complexity index is 861. The third-order valence-electron chi connectivity index (χ3n) is 4.35. The van der Waals surface area contributed by atoms with Crippen molar-refractivity contribution in [2.24, 2.45) is 12.8 Å². The molecule has 118 valence electrons. The summed E-state index contributed by atoms with van der Waals surface area (Å²) in [7, 11) is 1.94. The second-order valence-electron chi connectivity index (χ2n) is 6.00. The van der Waals surface area contributed by atoms with Crippen LogP contribution in [0.3, 0.4) is 0 Å². The zero-order valence-corrected chi connectivity index (χ0v) is 12.7. The molecule has 4 rings (SSSR count). The second-order valence-corrected chi connectivity index (χ2v) is 6.00. The standard InChI is InChI=1S/C16H17FN6/c1-22-7-15(21-9-22)12-5-23(6-13(12)18)16-11-4-10(17)2-3-14(11)19-8-20-16/h2-4,7-9,12-13H,5-6,18H2,1H3/t12-,13-/m1/s1. The number of hydrogen-bond donors (Lipinski definition) is 1. The van der Waals surface area contributed by atoms with Crippen molar-refractivity contribution < 1.29 is 4.39 Å². The van der Waals surface area contributed by atoms with Gasteiger partial charge in [-0.15, -0.1) is 0 Å². The number of hydrogen-bond acceptors (Lipinski definition) is 5. The molecule has 1 aromatic carbocycles. The fraction of sp³-hybridized carbons (Fsp3) is 0.312. The quantitative estimate of drug-likeness (QED) is 0.775. The van der Waals surface area contributed by atoms with Crippen molar-refractivity contribution in [2.75, 3.05) is 18.0 Å². The molecular formula is C16H17FN6. The lowest BCUT2D eigenvalue weighted by atomic mass is 10.0. The van der Waals surface area contributed by atoms with E-state index in [1.807, 2.05) is 17.8 Å². The molecule has 1 saturated heterocycles. The molecule has 0 spiro atoms. The number of rotatable bonds is 2. The lowest BCUT2D eigenvalue weighted by Gasteiger charge is -2.18. The Kier molecular flexibility index (Phi) is 3.23. The number of anilines is 1. The molecule has 0 amide bonds. The predicted molar refractivity (Wildman–Crippen MR) is 85.6 cm³/mol. The van der Waals surface area contributed by atoms with Gasteiger partial charge in [0.1, 0.15) is 18.0 Å². The molecule has 3 aromatic rings. The summed E-state index contributed by atoms with van der Waals surface area (Å²) in [6.45, 7) is 1.37. The Hall–Kier alpha value is -2.54. The summed E-state index contributed by atoms with van der Waals surface area (Å²) in [5.74, 6) is 0.566. The third-order valence-corrected chi connectivity index (χ3v) is 4.35. The molecule has 1 fully saturated rings. The lowest BCUT2D eigenvalue weighted by molar-refractivity contribution is 0.629. The van der Waals surface area contributed by atoms with Crippen LogP contribution in [0.4, 0.5) is 10.2 Å². The highest BCUT2D eigenvalue weighted by atomic mass is 19.1. The number of benzene rings is 1. The number of aromatic nitrogens is 4. The molecule has 0 radical (unpaired) electrons. The van der Waals surface area contributed by atoms with Crippen LogP contribution in [0, 0.1) is 5.82 Å². The highest BCUT2D eigenvalue weighted by Crippen LogP contribution is 2.31. The van der Waals surface area contributed by atoms with E-state index < -0.39 is 0 Å². The molecule has 0 aliphatic carbocycles. The minimum Gasteiger partial charge on any atom is -0.354 e. The minimum absolute atomic E-state index is 0.0384. The fourth-order valence-electron chi connectivity index (χ4n) is 3.21. The maximum Gasteiger partial charge on any atom is 0.140 e. The first-order chi connectivity index (χ1) is 11.1. The van der Waals surface area contributed by atoms with E-state index in [1.54, 1.807) is 12.4 Å². The van der Waals surface area contributed by atoms with Gasteiger partial charge in [0.05, 0.1) is 17.5 Å². The van der Waals surface area contributed by atoms with E-state index in [1.165, 1.54) is 18.5 Å². The molecule has 3 heterocycles. The average molecular weight is 312 g/mol. The normalized spacial score (nSPS) is 21.3. The van der Waals surface area contributed by atoms with Gasteiger partial charge in [-0.25, -0.2) is 19.3 Å². The number of nitrogens with two attached hydrogens (primary N) is 1. The van der Waals surface area contributed by atoms with Gasteiger partial charge >= 0.3 is 0 Å². The second kappa shape index (κ2) is 5.27. The van der Waals surface area contributed by atoms with Crippen LogP contribution in [-0.2, 0) is 7.05 Å². The Labute approximate surface area is 132 Å². The summed E-state index contributed by atoms with van der Waals surface area (Å²) in [6.07, 6.45) is 5.28. The van der Waals surface area contributed by atoms with Crippen molar-refractivity contribution in [3.05, 3.63) is 48.6 Å². The molecule has 23 heavy (non-hydrogen) atoms. The van der Waals surface area contributed by atoms with Crippen molar-refractivity contribution in [2.45, 2.75) is 12.0 Å². The molecule has 0 unspecified atom stereocenters. The van der Waals surface area contributed by atoms with Gasteiger partial charge in [0.2, 0.25) is 0 Å². The van der Waals surface area contributed by atoms with Crippen LogP contribution in [0.2, 0.25) is 0 Å². The third kappa shape index (κ3) is 2.43. The smallest absolute Gasteiger partial charge is 0.140 e. The summed E-state index contributed by atoms with van der Waals surface area (Å²) >= 11 is 0. The molecule has 0 bridgehead atoms.